The summed E-state index contributed by atoms with van der Waals surface area (Å²) < 4.78 is 3.88. The molecule has 1 N–H and O–H groups in total. The Morgan fingerprint density at radius 2 is 1.96 bits per heavy atom. The first-order valence-corrected chi connectivity index (χ1v) is 8.89. The summed E-state index contributed by atoms with van der Waals surface area (Å²) in [6, 6.07) is 9.25. The van der Waals surface area contributed by atoms with Gasteiger partial charge < -0.3 is 10.0 Å². The zero-order valence-corrected chi connectivity index (χ0v) is 15.4. The third-order valence-electron chi connectivity index (χ3n) is 4.70. The Kier molecular flexibility index (Phi) is 3.73. The van der Waals surface area contributed by atoms with Crippen molar-refractivity contribution in [2.45, 2.75) is 20.3 Å². The molecule has 0 radical (unpaired) electrons. The van der Waals surface area contributed by atoms with Crippen LogP contribution in [0.5, 0.6) is 5.75 Å². The molecule has 0 saturated carbocycles. The predicted octanol–water partition coefficient (Wildman–Crippen LogP) is 3.88. The summed E-state index contributed by atoms with van der Waals surface area (Å²) in [4.78, 5) is 15.6. The van der Waals surface area contributed by atoms with Crippen molar-refractivity contribution in [3.8, 4) is 11.4 Å². The molecule has 7 heteroatoms. The lowest BCUT2D eigenvalue weighted by molar-refractivity contribution is -0.114. The van der Waals surface area contributed by atoms with E-state index in [-0.39, 0.29) is 11.7 Å². The minimum Gasteiger partial charge on any atom is -0.506 e. The number of aromatic nitrogens is 3. The van der Waals surface area contributed by atoms with Gasteiger partial charge in [0.1, 0.15) is 22.5 Å². The summed E-state index contributed by atoms with van der Waals surface area (Å²) in [6.07, 6.45) is 2.02. The molecule has 0 bridgehead atoms. The van der Waals surface area contributed by atoms with Crippen LogP contribution in [0.4, 0.5) is 5.69 Å². The number of fused-ring (bicyclic) bond motifs is 4. The summed E-state index contributed by atoms with van der Waals surface area (Å²) in [6.45, 7) is 7.99. The van der Waals surface area contributed by atoms with Crippen LogP contribution in [0.25, 0.3) is 16.7 Å². The van der Waals surface area contributed by atoms with Crippen molar-refractivity contribution in [2.75, 3.05) is 11.4 Å². The first kappa shape index (κ1) is 16.6. The maximum Gasteiger partial charge on any atom is 0.250 e. The Morgan fingerprint density at radius 3 is 2.62 bits per heavy atom. The van der Waals surface area contributed by atoms with Crippen molar-refractivity contribution < 1.29 is 9.90 Å². The minimum absolute atomic E-state index is 0.110. The average molecular weight is 371 g/mol. The SMILES string of the molecule is C=CC(=O)N(CC)c1cc(O)c(-n2n3c4ccc(Cl)cc4n23)cc1CC. The minimum atomic E-state index is -0.185. The van der Waals surface area contributed by atoms with E-state index in [4.69, 9.17) is 11.6 Å². The van der Waals surface area contributed by atoms with Crippen molar-refractivity contribution in [1.82, 2.24) is 14.1 Å². The highest BCUT2D eigenvalue weighted by atomic mass is 35.5. The van der Waals surface area contributed by atoms with Gasteiger partial charge >= 0.3 is 0 Å². The van der Waals surface area contributed by atoms with E-state index in [0.717, 1.165) is 23.0 Å². The van der Waals surface area contributed by atoms with Gasteiger partial charge in [0.25, 0.3) is 0 Å². The number of likely N-dealkylation sites (N-methyl/N-ethyl adjacent to an activating group) is 1. The highest BCUT2D eigenvalue weighted by molar-refractivity contribution is 6.31. The number of benzene rings is 2. The number of phenolic OH excluding ortho intramolecular Hbond substituents is 1. The fourth-order valence-electron chi connectivity index (χ4n) is 3.38. The summed E-state index contributed by atoms with van der Waals surface area (Å²) in [5, 5.41) is 11.3. The van der Waals surface area contributed by atoms with Gasteiger partial charge in [-0.1, -0.05) is 25.1 Å². The molecule has 2 heterocycles. The third kappa shape index (κ3) is 2.22. The van der Waals surface area contributed by atoms with E-state index < -0.39 is 0 Å². The van der Waals surface area contributed by atoms with Crippen LogP contribution in [0.15, 0.2) is 43.0 Å². The molecule has 0 aliphatic carbocycles. The summed E-state index contributed by atoms with van der Waals surface area (Å²) >= 11 is 6.06. The van der Waals surface area contributed by atoms with Crippen molar-refractivity contribution >= 4 is 34.2 Å². The van der Waals surface area contributed by atoms with Crippen molar-refractivity contribution in [3.05, 3.63) is 53.6 Å². The van der Waals surface area contributed by atoms with Crippen LogP contribution in [0.3, 0.4) is 0 Å². The average Bonchev–Trinajstić information content (AvgIpc) is 3.29. The maximum atomic E-state index is 12.1. The molecule has 134 valence electrons. The number of hydrogen-bond acceptors (Lipinski definition) is 2. The quantitative estimate of drug-likeness (QED) is 0.542. The molecule has 0 aliphatic heterocycles. The Morgan fingerprint density at radius 1 is 1.23 bits per heavy atom. The first-order valence-electron chi connectivity index (χ1n) is 8.51. The molecular weight excluding hydrogens is 352 g/mol. The van der Waals surface area contributed by atoms with Crippen LogP contribution in [-0.4, -0.2) is 31.6 Å². The van der Waals surface area contributed by atoms with Gasteiger partial charge in [0.15, 0.2) is 0 Å². The molecule has 0 aliphatic rings. The molecule has 1 amide bonds. The van der Waals surface area contributed by atoms with E-state index in [0.29, 0.717) is 22.9 Å². The number of aryl methyl sites for hydroxylation is 1. The number of carbonyl (C=O) groups is 1. The lowest BCUT2D eigenvalue weighted by Gasteiger charge is -2.23. The fourth-order valence-corrected chi connectivity index (χ4v) is 3.55. The Balaban J connectivity index is 1.84. The van der Waals surface area contributed by atoms with E-state index in [9.17, 15) is 9.90 Å². The summed E-state index contributed by atoms with van der Waals surface area (Å²) in [5.74, 6) is -0.0744. The van der Waals surface area contributed by atoms with Gasteiger partial charge in [-0.25, -0.2) is 0 Å². The van der Waals surface area contributed by atoms with E-state index in [1.165, 1.54) is 6.08 Å². The number of nitrogens with zero attached hydrogens (tertiary/aromatic N) is 4. The van der Waals surface area contributed by atoms with Gasteiger partial charge in [-0.05, 0) is 49.2 Å². The van der Waals surface area contributed by atoms with Crippen LogP contribution in [-0.2, 0) is 11.2 Å². The maximum absolute atomic E-state index is 12.1. The van der Waals surface area contributed by atoms with E-state index >= 15 is 0 Å². The molecule has 0 fully saturated rings. The molecule has 4 rings (SSSR count). The number of carbonyl (C=O) groups excluding carboxylic acids is 1. The topological polar surface area (TPSA) is 54.3 Å². The molecule has 26 heavy (non-hydrogen) atoms. The number of halogens is 1. The van der Waals surface area contributed by atoms with E-state index in [1.807, 2.05) is 52.2 Å². The molecule has 0 saturated heterocycles. The fraction of sp³-hybridized carbons (Fsp3) is 0.211. The highest BCUT2D eigenvalue weighted by Crippen LogP contribution is 2.36. The zero-order valence-electron chi connectivity index (χ0n) is 14.6. The number of phenols is 1. The Hall–Kier alpha value is -2.86. The lowest BCUT2D eigenvalue weighted by atomic mass is 10.1. The zero-order chi connectivity index (χ0) is 18.6. The first-order chi connectivity index (χ1) is 12.5. The molecule has 4 aromatic rings. The smallest absolute Gasteiger partial charge is 0.250 e. The van der Waals surface area contributed by atoms with Crippen LogP contribution in [0.2, 0.25) is 5.02 Å². The second kappa shape index (κ2) is 5.85. The summed E-state index contributed by atoms with van der Waals surface area (Å²) in [7, 11) is 0. The third-order valence-corrected chi connectivity index (χ3v) is 4.93. The van der Waals surface area contributed by atoms with Crippen LogP contribution in [0, 0.1) is 0 Å². The largest absolute Gasteiger partial charge is 0.506 e. The second-order valence-electron chi connectivity index (χ2n) is 6.11. The molecule has 6 nitrogen and oxygen atoms in total. The normalized spacial score (nSPS) is 11.7. The molecule has 2 aromatic heterocycles. The molecule has 2 aromatic carbocycles. The van der Waals surface area contributed by atoms with Gasteiger partial charge in [0.05, 0.1) is 5.69 Å². The highest BCUT2D eigenvalue weighted by Gasteiger charge is 2.27. The van der Waals surface area contributed by atoms with Gasteiger partial charge in [-0.2, -0.15) is 0 Å². The standard InChI is InChI=1S/C19H19ClN4O2/c1-4-12-9-17(18(25)11-15(12)21(6-3)19(26)5-2)24-22-14-8-7-13(20)10-16(14)23(22)24/h5,7-11,25H,2,4,6H2,1,3H3. The number of rotatable bonds is 5. The van der Waals surface area contributed by atoms with E-state index in [1.54, 1.807) is 11.0 Å². The number of amides is 1. The van der Waals surface area contributed by atoms with Gasteiger partial charge in [0.2, 0.25) is 5.91 Å². The van der Waals surface area contributed by atoms with Crippen LogP contribution in [0.1, 0.15) is 19.4 Å². The monoisotopic (exact) mass is 370 g/mol. The van der Waals surface area contributed by atoms with Crippen LogP contribution < -0.4 is 4.90 Å². The van der Waals surface area contributed by atoms with E-state index in [2.05, 4.69) is 6.58 Å². The second-order valence-corrected chi connectivity index (χ2v) is 6.55. The Bertz CT molecular complexity index is 1130. The van der Waals surface area contributed by atoms with Gasteiger partial charge in [0, 0.05) is 17.6 Å². The van der Waals surface area contributed by atoms with Crippen molar-refractivity contribution in [2.24, 2.45) is 0 Å². The molecule has 0 atom stereocenters. The molecular formula is C19H19ClN4O2. The number of hydrogen-bond donors (Lipinski definition) is 1. The predicted molar refractivity (Wildman–Crippen MR) is 103 cm³/mol. The molecule has 0 unspecified atom stereocenters. The van der Waals surface area contributed by atoms with Crippen molar-refractivity contribution in [1.29, 1.82) is 0 Å². The van der Waals surface area contributed by atoms with Crippen molar-refractivity contribution in [3.63, 3.8) is 0 Å². The van der Waals surface area contributed by atoms with Gasteiger partial charge in [-0.15, -0.1) is 14.1 Å². The Labute approximate surface area is 155 Å². The lowest BCUT2D eigenvalue weighted by Crippen LogP contribution is -2.29. The molecule has 0 spiro atoms. The van der Waals surface area contributed by atoms with Crippen LogP contribution >= 0.6 is 11.6 Å². The summed E-state index contributed by atoms with van der Waals surface area (Å²) in [5.41, 5.74) is 4.38. The number of aromatic hydroxyl groups is 1. The van der Waals surface area contributed by atoms with Gasteiger partial charge in [-0.3, -0.25) is 4.79 Å². The number of anilines is 1.